The highest BCUT2D eigenvalue weighted by atomic mass is 19.1. The van der Waals surface area contributed by atoms with Gasteiger partial charge in [0.1, 0.15) is 36.3 Å². The highest BCUT2D eigenvalue weighted by Crippen LogP contribution is 2.30. The molecule has 6 heteroatoms. The van der Waals surface area contributed by atoms with Crippen molar-refractivity contribution in [1.29, 1.82) is 0 Å². The number of hydrogen-bond acceptors (Lipinski definition) is 4. The van der Waals surface area contributed by atoms with Crippen molar-refractivity contribution in [1.82, 2.24) is 5.32 Å². The normalized spacial score (nSPS) is 14.2. The van der Waals surface area contributed by atoms with Crippen molar-refractivity contribution in [2.45, 2.75) is 45.8 Å². The average molecular weight is 401 g/mol. The molecule has 0 saturated heterocycles. The Hall–Kier alpha value is -2.76. The van der Waals surface area contributed by atoms with E-state index in [2.05, 4.69) is 5.32 Å². The lowest BCUT2D eigenvalue weighted by molar-refractivity contribution is -0.119. The summed E-state index contributed by atoms with van der Waals surface area (Å²) in [5, 5.41) is 2.84. The molecule has 1 aliphatic carbocycles. The Labute approximate surface area is 171 Å². The first kappa shape index (κ1) is 21.0. The molecule has 29 heavy (non-hydrogen) atoms. The molecule has 0 spiro atoms. The van der Waals surface area contributed by atoms with Gasteiger partial charge in [-0.2, -0.15) is 0 Å². The Morgan fingerprint density at radius 1 is 1.07 bits per heavy atom. The molecule has 2 aromatic rings. The number of hydrogen-bond donors (Lipinski definition) is 1. The van der Waals surface area contributed by atoms with Crippen LogP contribution in [-0.2, 0) is 11.4 Å². The largest absolute Gasteiger partial charge is 0.493 e. The third kappa shape index (κ3) is 6.97. The molecule has 0 radical (unpaired) electrons. The van der Waals surface area contributed by atoms with Crippen molar-refractivity contribution in [3.8, 4) is 17.2 Å². The van der Waals surface area contributed by atoms with E-state index >= 15 is 0 Å². The van der Waals surface area contributed by atoms with Gasteiger partial charge >= 0.3 is 0 Å². The summed E-state index contributed by atoms with van der Waals surface area (Å²) in [6.45, 7) is 4.68. The highest BCUT2D eigenvalue weighted by Gasteiger charge is 2.22. The number of amides is 1. The van der Waals surface area contributed by atoms with E-state index in [1.54, 1.807) is 36.4 Å². The van der Waals surface area contributed by atoms with E-state index in [0.29, 0.717) is 41.9 Å². The van der Waals surface area contributed by atoms with E-state index in [1.807, 2.05) is 6.92 Å². The SMILES string of the molecule is CCC(COc1ccc(OCc2ccc(OCC3CC3)cc2F)cc1)NC(C)=O. The number of ether oxygens (including phenoxy) is 3. The minimum absolute atomic E-state index is 0.0253. The summed E-state index contributed by atoms with van der Waals surface area (Å²) in [4.78, 5) is 11.1. The molecule has 5 nitrogen and oxygen atoms in total. The zero-order valence-corrected chi connectivity index (χ0v) is 16.9. The lowest BCUT2D eigenvalue weighted by atomic mass is 10.2. The Morgan fingerprint density at radius 2 is 1.72 bits per heavy atom. The Bertz CT molecular complexity index is 805. The standard InChI is InChI=1S/C23H28FNO4/c1-3-19(25-16(2)26)15-29-21-10-8-20(9-11-21)28-14-18-6-7-22(12-23(18)24)27-13-17-4-5-17/h6-12,17,19H,3-5,13-15H2,1-2H3,(H,25,26). The minimum Gasteiger partial charge on any atom is -0.493 e. The predicted molar refractivity (Wildman–Crippen MR) is 109 cm³/mol. The second-order valence-electron chi connectivity index (χ2n) is 7.38. The molecule has 1 N–H and O–H groups in total. The van der Waals surface area contributed by atoms with Gasteiger partial charge in [-0.3, -0.25) is 4.79 Å². The van der Waals surface area contributed by atoms with Crippen LogP contribution in [0.15, 0.2) is 42.5 Å². The Morgan fingerprint density at radius 3 is 2.31 bits per heavy atom. The van der Waals surface area contributed by atoms with Crippen molar-refractivity contribution in [3.05, 3.63) is 53.8 Å². The topological polar surface area (TPSA) is 56.8 Å². The van der Waals surface area contributed by atoms with Crippen LogP contribution in [0, 0.1) is 11.7 Å². The summed E-state index contributed by atoms with van der Waals surface area (Å²) in [7, 11) is 0. The molecule has 156 valence electrons. The number of benzene rings is 2. The van der Waals surface area contributed by atoms with Crippen LogP contribution in [0.2, 0.25) is 0 Å². The van der Waals surface area contributed by atoms with E-state index in [4.69, 9.17) is 14.2 Å². The maximum Gasteiger partial charge on any atom is 0.217 e. The maximum atomic E-state index is 14.2. The lowest BCUT2D eigenvalue weighted by Crippen LogP contribution is -2.37. The second-order valence-corrected chi connectivity index (χ2v) is 7.38. The van der Waals surface area contributed by atoms with E-state index in [0.717, 1.165) is 6.42 Å². The first-order valence-electron chi connectivity index (χ1n) is 10.1. The van der Waals surface area contributed by atoms with Gasteiger partial charge in [-0.15, -0.1) is 0 Å². The number of rotatable bonds is 11. The fourth-order valence-corrected chi connectivity index (χ4v) is 2.77. The van der Waals surface area contributed by atoms with E-state index in [1.165, 1.54) is 25.8 Å². The molecule has 1 unspecified atom stereocenters. The maximum absolute atomic E-state index is 14.2. The van der Waals surface area contributed by atoms with Gasteiger partial charge in [0.05, 0.1) is 12.6 Å². The molecule has 0 aromatic heterocycles. The quantitative estimate of drug-likeness (QED) is 0.603. The van der Waals surface area contributed by atoms with Crippen LogP contribution < -0.4 is 19.5 Å². The molecule has 1 saturated carbocycles. The first-order valence-corrected chi connectivity index (χ1v) is 10.1. The van der Waals surface area contributed by atoms with Crippen molar-refractivity contribution in [2.75, 3.05) is 13.2 Å². The van der Waals surface area contributed by atoms with Crippen LogP contribution in [0.1, 0.15) is 38.7 Å². The van der Waals surface area contributed by atoms with Gasteiger partial charge in [-0.05, 0) is 61.6 Å². The summed E-state index contributed by atoms with van der Waals surface area (Å²) in [6, 6.07) is 12.0. The van der Waals surface area contributed by atoms with Crippen LogP contribution in [0.25, 0.3) is 0 Å². The van der Waals surface area contributed by atoms with Crippen LogP contribution in [0.3, 0.4) is 0 Å². The Kier molecular flexibility index (Phi) is 7.33. The fourth-order valence-electron chi connectivity index (χ4n) is 2.77. The van der Waals surface area contributed by atoms with Gasteiger partial charge in [0.15, 0.2) is 0 Å². The van der Waals surface area contributed by atoms with E-state index < -0.39 is 0 Å². The monoisotopic (exact) mass is 401 g/mol. The molecule has 0 aliphatic heterocycles. The van der Waals surface area contributed by atoms with E-state index in [-0.39, 0.29) is 24.4 Å². The molecule has 3 rings (SSSR count). The molecular weight excluding hydrogens is 373 g/mol. The predicted octanol–water partition coefficient (Wildman–Crippen LogP) is 4.49. The van der Waals surface area contributed by atoms with Gasteiger partial charge in [-0.25, -0.2) is 4.39 Å². The van der Waals surface area contributed by atoms with Crippen LogP contribution >= 0.6 is 0 Å². The van der Waals surface area contributed by atoms with Gasteiger partial charge in [0.2, 0.25) is 5.91 Å². The zero-order valence-electron chi connectivity index (χ0n) is 16.9. The van der Waals surface area contributed by atoms with Gasteiger partial charge < -0.3 is 19.5 Å². The number of halogens is 1. The molecule has 0 heterocycles. The lowest BCUT2D eigenvalue weighted by Gasteiger charge is -2.17. The molecule has 1 atom stereocenters. The van der Waals surface area contributed by atoms with Crippen molar-refractivity contribution < 1.29 is 23.4 Å². The summed E-state index contributed by atoms with van der Waals surface area (Å²) in [5.74, 6) is 2.10. The van der Waals surface area contributed by atoms with Crippen LogP contribution in [0.4, 0.5) is 4.39 Å². The number of carbonyl (C=O) groups excluding carboxylic acids is 1. The first-order chi connectivity index (χ1) is 14.0. The van der Waals surface area contributed by atoms with Gasteiger partial charge in [-0.1, -0.05) is 6.92 Å². The van der Waals surface area contributed by atoms with Crippen LogP contribution in [-0.4, -0.2) is 25.2 Å². The third-order valence-electron chi connectivity index (χ3n) is 4.78. The minimum atomic E-state index is -0.332. The molecule has 1 amide bonds. The Balaban J connectivity index is 1.46. The summed E-state index contributed by atoms with van der Waals surface area (Å²) < 4.78 is 31.2. The third-order valence-corrected chi connectivity index (χ3v) is 4.78. The van der Waals surface area contributed by atoms with Gasteiger partial charge in [0.25, 0.3) is 0 Å². The molecule has 1 fully saturated rings. The molecular formula is C23H28FNO4. The summed E-state index contributed by atoms with van der Waals surface area (Å²) >= 11 is 0. The fraction of sp³-hybridized carbons (Fsp3) is 0.435. The zero-order chi connectivity index (χ0) is 20.6. The summed E-state index contributed by atoms with van der Waals surface area (Å²) in [5.41, 5.74) is 0.477. The second kappa shape index (κ2) is 10.1. The highest BCUT2D eigenvalue weighted by molar-refractivity contribution is 5.73. The number of nitrogens with one attached hydrogen (secondary N) is 1. The molecule has 0 bridgehead atoms. The molecule has 2 aromatic carbocycles. The van der Waals surface area contributed by atoms with Crippen molar-refractivity contribution in [3.63, 3.8) is 0 Å². The average Bonchev–Trinajstić information content (AvgIpc) is 3.54. The van der Waals surface area contributed by atoms with Crippen LogP contribution in [0.5, 0.6) is 17.2 Å². The molecule has 1 aliphatic rings. The van der Waals surface area contributed by atoms with Gasteiger partial charge in [0, 0.05) is 18.6 Å². The van der Waals surface area contributed by atoms with Crippen molar-refractivity contribution in [2.24, 2.45) is 5.92 Å². The van der Waals surface area contributed by atoms with E-state index in [9.17, 15) is 9.18 Å². The smallest absolute Gasteiger partial charge is 0.217 e. The number of carbonyl (C=O) groups is 1. The van der Waals surface area contributed by atoms with Crippen molar-refractivity contribution >= 4 is 5.91 Å². The summed E-state index contributed by atoms with van der Waals surface area (Å²) in [6.07, 6.45) is 3.19.